The van der Waals surface area contributed by atoms with Crippen molar-refractivity contribution in [3.05, 3.63) is 29.3 Å². The molecule has 1 unspecified atom stereocenters. The summed E-state index contributed by atoms with van der Waals surface area (Å²) in [6, 6.07) is 6.82. The highest BCUT2D eigenvalue weighted by molar-refractivity contribution is 5.56. The molecular weight excluding hydrogens is 226 g/mol. The molecule has 2 N–H and O–H groups in total. The molecule has 1 atom stereocenters. The molecule has 0 amide bonds. The van der Waals surface area contributed by atoms with E-state index >= 15 is 0 Å². The molecule has 1 aromatic rings. The normalized spacial score (nSPS) is 19.5. The Bertz CT molecular complexity index is 392. The van der Waals surface area contributed by atoms with Gasteiger partial charge in [-0.3, -0.25) is 0 Å². The van der Waals surface area contributed by atoms with Crippen LogP contribution in [0, 0.1) is 6.92 Å². The van der Waals surface area contributed by atoms with Crippen LogP contribution in [-0.4, -0.2) is 29.4 Å². The number of anilines is 1. The van der Waals surface area contributed by atoms with Crippen LogP contribution in [0.4, 0.5) is 5.69 Å². The molecule has 100 valence electrons. The number of aryl methyl sites for hydroxylation is 1. The van der Waals surface area contributed by atoms with E-state index in [1.165, 1.54) is 24.1 Å². The van der Waals surface area contributed by atoms with Gasteiger partial charge in [0.2, 0.25) is 0 Å². The first-order valence-electron chi connectivity index (χ1n) is 6.84. The molecule has 1 heterocycles. The van der Waals surface area contributed by atoms with Gasteiger partial charge in [0.05, 0.1) is 6.61 Å². The van der Waals surface area contributed by atoms with Crippen molar-refractivity contribution >= 4 is 5.69 Å². The van der Waals surface area contributed by atoms with Gasteiger partial charge in [-0.2, -0.15) is 0 Å². The van der Waals surface area contributed by atoms with Crippen molar-refractivity contribution in [3.63, 3.8) is 0 Å². The molecule has 1 aliphatic rings. The number of aliphatic hydroxyl groups is 2. The summed E-state index contributed by atoms with van der Waals surface area (Å²) in [5.74, 6) is 0. The van der Waals surface area contributed by atoms with Gasteiger partial charge in [0.1, 0.15) is 0 Å². The lowest BCUT2D eigenvalue weighted by Crippen LogP contribution is -2.30. The maximum Gasteiger partial charge on any atom is 0.0702 e. The zero-order valence-electron chi connectivity index (χ0n) is 11.1. The van der Waals surface area contributed by atoms with Gasteiger partial charge in [-0.15, -0.1) is 0 Å². The van der Waals surface area contributed by atoms with Crippen LogP contribution in [0.3, 0.4) is 0 Å². The van der Waals surface area contributed by atoms with Crippen molar-refractivity contribution in [1.29, 1.82) is 0 Å². The molecule has 3 heteroatoms. The summed E-state index contributed by atoms with van der Waals surface area (Å²) in [6.07, 6.45) is 4.30. The molecule has 0 saturated carbocycles. The summed E-state index contributed by atoms with van der Waals surface area (Å²) in [6.45, 7) is 3.48. The van der Waals surface area contributed by atoms with Crippen LogP contribution in [0.2, 0.25) is 0 Å². The van der Waals surface area contributed by atoms with Crippen LogP contribution in [-0.2, 0) is 6.61 Å². The van der Waals surface area contributed by atoms with Crippen molar-refractivity contribution in [3.8, 4) is 0 Å². The molecule has 0 radical (unpaired) electrons. The lowest BCUT2D eigenvalue weighted by molar-refractivity contribution is 0.277. The number of rotatable bonds is 5. The standard InChI is InChI=1S/C15H23NO2/c1-12-6-7-15(13(10-12)11-18)16-8-2-4-14(16)5-3-9-17/h6-7,10,14,17-18H,2-5,8-9,11H2,1H3. The molecule has 0 bridgehead atoms. The first kappa shape index (κ1) is 13.4. The molecule has 1 aliphatic heterocycles. The molecule has 3 nitrogen and oxygen atoms in total. The minimum atomic E-state index is 0.0975. The van der Waals surface area contributed by atoms with E-state index in [1.54, 1.807) is 0 Å². The van der Waals surface area contributed by atoms with Gasteiger partial charge in [-0.1, -0.05) is 17.7 Å². The number of nitrogens with zero attached hydrogens (tertiary/aromatic N) is 1. The van der Waals surface area contributed by atoms with E-state index < -0.39 is 0 Å². The Balaban J connectivity index is 2.18. The van der Waals surface area contributed by atoms with E-state index in [9.17, 15) is 5.11 Å². The summed E-state index contributed by atoms with van der Waals surface area (Å²) < 4.78 is 0. The molecule has 1 saturated heterocycles. The third-order valence-corrected chi connectivity index (χ3v) is 3.79. The van der Waals surface area contributed by atoms with Gasteiger partial charge in [0.15, 0.2) is 0 Å². The molecular formula is C15H23NO2. The van der Waals surface area contributed by atoms with E-state index in [0.717, 1.165) is 24.9 Å². The molecule has 0 aromatic heterocycles. The Morgan fingerprint density at radius 1 is 1.33 bits per heavy atom. The highest BCUT2D eigenvalue weighted by atomic mass is 16.3. The Morgan fingerprint density at radius 2 is 2.17 bits per heavy atom. The molecule has 0 aliphatic carbocycles. The molecule has 1 fully saturated rings. The largest absolute Gasteiger partial charge is 0.396 e. The van der Waals surface area contributed by atoms with Gasteiger partial charge in [-0.05, 0) is 38.7 Å². The van der Waals surface area contributed by atoms with E-state index in [2.05, 4.69) is 30.0 Å². The van der Waals surface area contributed by atoms with Crippen LogP contribution in [0.1, 0.15) is 36.8 Å². The van der Waals surface area contributed by atoms with Gasteiger partial charge in [0.25, 0.3) is 0 Å². The fraction of sp³-hybridized carbons (Fsp3) is 0.600. The first-order valence-corrected chi connectivity index (χ1v) is 6.84. The van der Waals surface area contributed by atoms with Crippen molar-refractivity contribution in [2.45, 2.75) is 45.3 Å². The van der Waals surface area contributed by atoms with Gasteiger partial charge >= 0.3 is 0 Å². The predicted octanol–water partition coefficient (Wildman–Crippen LogP) is 2.23. The zero-order valence-corrected chi connectivity index (χ0v) is 11.1. The van der Waals surface area contributed by atoms with Crippen LogP contribution in [0.15, 0.2) is 18.2 Å². The summed E-state index contributed by atoms with van der Waals surface area (Å²) >= 11 is 0. The zero-order chi connectivity index (χ0) is 13.0. The number of hydrogen-bond acceptors (Lipinski definition) is 3. The van der Waals surface area contributed by atoms with Crippen LogP contribution in [0.5, 0.6) is 0 Å². The summed E-state index contributed by atoms with van der Waals surface area (Å²) in [4.78, 5) is 2.40. The van der Waals surface area contributed by atoms with Gasteiger partial charge in [-0.25, -0.2) is 0 Å². The monoisotopic (exact) mass is 249 g/mol. The van der Waals surface area contributed by atoms with Crippen molar-refractivity contribution in [2.75, 3.05) is 18.1 Å². The minimum Gasteiger partial charge on any atom is -0.396 e. The second-order valence-electron chi connectivity index (χ2n) is 5.15. The van der Waals surface area contributed by atoms with E-state index in [1.807, 2.05) is 0 Å². The Kier molecular flexibility index (Phi) is 4.61. The highest BCUT2D eigenvalue weighted by Gasteiger charge is 2.25. The average molecular weight is 249 g/mol. The van der Waals surface area contributed by atoms with E-state index in [-0.39, 0.29) is 13.2 Å². The van der Waals surface area contributed by atoms with E-state index in [0.29, 0.717) is 6.04 Å². The minimum absolute atomic E-state index is 0.0975. The SMILES string of the molecule is Cc1ccc(N2CCCC2CCCO)c(CO)c1. The topological polar surface area (TPSA) is 43.7 Å². The summed E-state index contributed by atoms with van der Waals surface area (Å²) in [5, 5.41) is 18.5. The maximum absolute atomic E-state index is 9.50. The fourth-order valence-corrected chi connectivity index (χ4v) is 2.90. The second kappa shape index (κ2) is 6.21. The first-order chi connectivity index (χ1) is 8.76. The van der Waals surface area contributed by atoms with Crippen LogP contribution >= 0.6 is 0 Å². The number of hydrogen-bond donors (Lipinski definition) is 2. The lowest BCUT2D eigenvalue weighted by atomic mass is 10.1. The smallest absolute Gasteiger partial charge is 0.0702 e. The maximum atomic E-state index is 9.50. The fourth-order valence-electron chi connectivity index (χ4n) is 2.90. The lowest BCUT2D eigenvalue weighted by Gasteiger charge is -2.28. The van der Waals surface area contributed by atoms with E-state index in [4.69, 9.17) is 5.11 Å². The average Bonchev–Trinajstić information content (AvgIpc) is 2.84. The number of benzene rings is 1. The van der Waals surface area contributed by atoms with Gasteiger partial charge in [0, 0.05) is 30.4 Å². The molecule has 2 rings (SSSR count). The Morgan fingerprint density at radius 3 is 2.89 bits per heavy atom. The second-order valence-corrected chi connectivity index (χ2v) is 5.15. The van der Waals surface area contributed by atoms with Crippen molar-refractivity contribution in [2.24, 2.45) is 0 Å². The van der Waals surface area contributed by atoms with Crippen LogP contribution in [0.25, 0.3) is 0 Å². The van der Waals surface area contributed by atoms with Crippen molar-refractivity contribution in [1.82, 2.24) is 0 Å². The number of aliphatic hydroxyl groups excluding tert-OH is 2. The molecule has 0 spiro atoms. The molecule has 18 heavy (non-hydrogen) atoms. The van der Waals surface area contributed by atoms with Gasteiger partial charge < -0.3 is 15.1 Å². The molecule has 1 aromatic carbocycles. The predicted molar refractivity (Wildman–Crippen MR) is 73.8 cm³/mol. The third-order valence-electron chi connectivity index (χ3n) is 3.79. The highest BCUT2D eigenvalue weighted by Crippen LogP contribution is 2.31. The Hall–Kier alpha value is -1.06. The van der Waals surface area contributed by atoms with Crippen molar-refractivity contribution < 1.29 is 10.2 Å². The Labute approximate surface area is 109 Å². The quantitative estimate of drug-likeness (QED) is 0.841. The third kappa shape index (κ3) is 2.85. The summed E-state index contributed by atoms with van der Waals surface area (Å²) in [7, 11) is 0. The van der Waals surface area contributed by atoms with Crippen LogP contribution < -0.4 is 4.90 Å². The summed E-state index contributed by atoms with van der Waals surface area (Å²) in [5.41, 5.74) is 3.38.